The Morgan fingerprint density at radius 2 is 2.20 bits per heavy atom. The summed E-state index contributed by atoms with van der Waals surface area (Å²) in [5, 5.41) is 10.2. The number of aryl methyl sites for hydroxylation is 1. The van der Waals surface area contributed by atoms with Crippen LogP contribution in [0.3, 0.4) is 0 Å². The zero-order chi connectivity index (χ0) is 11.3. The van der Waals surface area contributed by atoms with Gasteiger partial charge in [-0.15, -0.1) is 0 Å². The Kier molecular flexibility index (Phi) is 4.33. The molecule has 86 valence electrons. The summed E-state index contributed by atoms with van der Waals surface area (Å²) in [4.78, 5) is 4.23. The molecule has 0 amide bonds. The Morgan fingerprint density at radius 3 is 2.73 bits per heavy atom. The summed E-state index contributed by atoms with van der Waals surface area (Å²) < 4.78 is 1.97. The van der Waals surface area contributed by atoms with Gasteiger partial charge < -0.3 is 9.67 Å². The van der Waals surface area contributed by atoms with Gasteiger partial charge in [0.15, 0.2) is 0 Å². The molecule has 1 aromatic rings. The van der Waals surface area contributed by atoms with E-state index in [1.807, 2.05) is 24.7 Å². The van der Waals surface area contributed by atoms with Gasteiger partial charge in [0.1, 0.15) is 5.82 Å². The minimum absolute atomic E-state index is 0.617. The summed E-state index contributed by atoms with van der Waals surface area (Å²) in [5.41, 5.74) is -0.617. The van der Waals surface area contributed by atoms with E-state index in [0.29, 0.717) is 6.42 Å². The number of rotatable bonds is 6. The summed E-state index contributed by atoms with van der Waals surface area (Å²) in [7, 11) is 1.96. The molecule has 1 heterocycles. The Balaban J connectivity index is 2.45. The predicted molar refractivity (Wildman–Crippen MR) is 61.7 cm³/mol. The highest BCUT2D eigenvalue weighted by Crippen LogP contribution is 2.18. The average molecular weight is 210 g/mol. The van der Waals surface area contributed by atoms with Crippen molar-refractivity contribution in [2.45, 2.75) is 51.6 Å². The van der Waals surface area contributed by atoms with Crippen LogP contribution in [0.4, 0.5) is 0 Å². The number of aromatic nitrogens is 2. The lowest BCUT2D eigenvalue weighted by atomic mass is 9.94. The number of nitrogens with zero attached hydrogens (tertiary/aromatic N) is 2. The molecule has 0 radical (unpaired) electrons. The van der Waals surface area contributed by atoms with E-state index < -0.39 is 5.60 Å². The summed E-state index contributed by atoms with van der Waals surface area (Å²) in [6, 6.07) is 0. The van der Waals surface area contributed by atoms with Crippen LogP contribution in [0.15, 0.2) is 12.4 Å². The Labute approximate surface area is 92.1 Å². The first-order valence-corrected chi connectivity index (χ1v) is 5.74. The van der Waals surface area contributed by atoms with Gasteiger partial charge in [0.2, 0.25) is 0 Å². The summed E-state index contributed by atoms with van der Waals surface area (Å²) >= 11 is 0. The lowest BCUT2D eigenvalue weighted by Gasteiger charge is -2.22. The molecule has 0 bridgehead atoms. The van der Waals surface area contributed by atoms with Crippen LogP contribution in [-0.2, 0) is 13.5 Å². The van der Waals surface area contributed by atoms with Crippen molar-refractivity contribution in [2.24, 2.45) is 7.05 Å². The first kappa shape index (κ1) is 12.2. The largest absolute Gasteiger partial charge is 0.390 e. The van der Waals surface area contributed by atoms with Gasteiger partial charge in [0.25, 0.3) is 0 Å². The summed E-state index contributed by atoms with van der Waals surface area (Å²) in [5.74, 6) is 0.955. The summed E-state index contributed by atoms with van der Waals surface area (Å²) in [6.45, 7) is 4.07. The number of aliphatic hydroxyl groups is 1. The lowest BCUT2D eigenvalue weighted by molar-refractivity contribution is 0.0460. The minimum atomic E-state index is -0.617. The highest BCUT2D eigenvalue weighted by molar-refractivity contribution is 4.96. The second-order valence-corrected chi connectivity index (χ2v) is 4.59. The molecular formula is C12H22N2O. The van der Waals surface area contributed by atoms with Crippen molar-refractivity contribution in [1.82, 2.24) is 9.55 Å². The van der Waals surface area contributed by atoms with Crippen molar-refractivity contribution in [3.8, 4) is 0 Å². The normalized spacial score (nSPS) is 15.2. The van der Waals surface area contributed by atoms with Gasteiger partial charge in [-0.05, 0) is 13.3 Å². The third-order valence-electron chi connectivity index (χ3n) is 2.78. The van der Waals surface area contributed by atoms with E-state index in [0.717, 1.165) is 18.7 Å². The molecule has 1 rings (SSSR count). The zero-order valence-corrected chi connectivity index (χ0v) is 10.0. The highest BCUT2D eigenvalue weighted by atomic mass is 16.3. The van der Waals surface area contributed by atoms with Gasteiger partial charge in [-0.25, -0.2) is 4.98 Å². The van der Waals surface area contributed by atoms with Gasteiger partial charge in [0, 0.05) is 25.9 Å². The number of hydrogen-bond acceptors (Lipinski definition) is 2. The van der Waals surface area contributed by atoms with Crippen LogP contribution < -0.4 is 0 Å². The van der Waals surface area contributed by atoms with Crippen molar-refractivity contribution >= 4 is 0 Å². The molecule has 1 unspecified atom stereocenters. The highest BCUT2D eigenvalue weighted by Gasteiger charge is 2.22. The standard InChI is InChI=1S/C12H22N2O/c1-4-5-6-7-12(2,15)10-11-13-8-9-14(11)3/h8-9,15H,4-7,10H2,1-3H3. The zero-order valence-electron chi connectivity index (χ0n) is 10.0. The smallest absolute Gasteiger partial charge is 0.111 e. The van der Waals surface area contributed by atoms with Crippen LogP contribution in [-0.4, -0.2) is 20.3 Å². The number of imidazole rings is 1. The molecule has 0 saturated carbocycles. The van der Waals surface area contributed by atoms with Gasteiger partial charge in [-0.2, -0.15) is 0 Å². The third-order valence-corrected chi connectivity index (χ3v) is 2.78. The van der Waals surface area contributed by atoms with E-state index in [1.165, 1.54) is 12.8 Å². The minimum Gasteiger partial charge on any atom is -0.390 e. The van der Waals surface area contributed by atoms with Crippen LogP contribution in [0.25, 0.3) is 0 Å². The van der Waals surface area contributed by atoms with Crippen molar-refractivity contribution in [3.05, 3.63) is 18.2 Å². The van der Waals surface area contributed by atoms with Gasteiger partial charge in [-0.1, -0.05) is 26.2 Å². The molecule has 0 saturated heterocycles. The fraction of sp³-hybridized carbons (Fsp3) is 0.750. The second kappa shape index (κ2) is 5.31. The summed E-state index contributed by atoms with van der Waals surface area (Å²) in [6.07, 6.45) is 8.66. The van der Waals surface area contributed by atoms with E-state index in [-0.39, 0.29) is 0 Å². The molecular weight excluding hydrogens is 188 g/mol. The first-order chi connectivity index (χ1) is 7.05. The van der Waals surface area contributed by atoms with Crippen molar-refractivity contribution in [3.63, 3.8) is 0 Å². The van der Waals surface area contributed by atoms with Crippen LogP contribution >= 0.6 is 0 Å². The monoisotopic (exact) mass is 210 g/mol. The second-order valence-electron chi connectivity index (χ2n) is 4.59. The maximum Gasteiger partial charge on any atom is 0.111 e. The maximum atomic E-state index is 10.2. The topological polar surface area (TPSA) is 38.1 Å². The van der Waals surface area contributed by atoms with E-state index in [1.54, 1.807) is 6.20 Å². The van der Waals surface area contributed by atoms with Crippen molar-refractivity contribution in [1.29, 1.82) is 0 Å². The number of hydrogen-bond donors (Lipinski definition) is 1. The van der Waals surface area contributed by atoms with Crippen LogP contribution in [0, 0.1) is 0 Å². The lowest BCUT2D eigenvalue weighted by Crippen LogP contribution is -2.28. The maximum absolute atomic E-state index is 10.2. The SMILES string of the molecule is CCCCCC(C)(O)Cc1nccn1C. The molecule has 0 aliphatic carbocycles. The fourth-order valence-corrected chi connectivity index (χ4v) is 1.75. The first-order valence-electron chi connectivity index (χ1n) is 5.74. The van der Waals surface area contributed by atoms with Gasteiger partial charge in [0.05, 0.1) is 5.60 Å². The molecule has 0 spiro atoms. The molecule has 0 aliphatic heterocycles. The Morgan fingerprint density at radius 1 is 1.47 bits per heavy atom. The van der Waals surface area contributed by atoms with E-state index in [4.69, 9.17) is 0 Å². The van der Waals surface area contributed by atoms with E-state index >= 15 is 0 Å². The van der Waals surface area contributed by atoms with Crippen LogP contribution in [0.5, 0.6) is 0 Å². The fourth-order valence-electron chi connectivity index (χ4n) is 1.75. The van der Waals surface area contributed by atoms with E-state index in [9.17, 15) is 5.11 Å². The van der Waals surface area contributed by atoms with Crippen LogP contribution in [0.1, 0.15) is 45.4 Å². The average Bonchev–Trinajstić information content (AvgIpc) is 2.51. The molecule has 3 nitrogen and oxygen atoms in total. The van der Waals surface area contributed by atoms with Crippen LogP contribution in [0.2, 0.25) is 0 Å². The van der Waals surface area contributed by atoms with Crippen molar-refractivity contribution in [2.75, 3.05) is 0 Å². The Hall–Kier alpha value is -0.830. The molecule has 1 N–H and O–H groups in total. The molecule has 0 aromatic carbocycles. The Bertz CT molecular complexity index is 292. The molecule has 15 heavy (non-hydrogen) atoms. The number of unbranched alkanes of at least 4 members (excludes halogenated alkanes) is 2. The molecule has 0 fully saturated rings. The van der Waals surface area contributed by atoms with E-state index in [2.05, 4.69) is 11.9 Å². The van der Waals surface area contributed by atoms with Gasteiger partial charge in [-0.3, -0.25) is 0 Å². The molecule has 1 aromatic heterocycles. The third kappa shape index (κ3) is 4.04. The van der Waals surface area contributed by atoms with Crippen molar-refractivity contribution < 1.29 is 5.11 Å². The molecule has 0 aliphatic rings. The quantitative estimate of drug-likeness (QED) is 0.732. The van der Waals surface area contributed by atoms with Gasteiger partial charge >= 0.3 is 0 Å². The molecule has 3 heteroatoms. The molecule has 1 atom stereocenters. The predicted octanol–water partition coefficient (Wildman–Crippen LogP) is 2.29.